The van der Waals surface area contributed by atoms with Crippen molar-refractivity contribution >= 4 is 23.3 Å². The highest BCUT2D eigenvalue weighted by Gasteiger charge is 2.22. The van der Waals surface area contributed by atoms with Gasteiger partial charge in [-0.05, 0) is 50.5 Å². The first-order chi connectivity index (χ1) is 13.8. The maximum Gasteiger partial charge on any atom is 0.410 e. The number of pyridine rings is 1. The van der Waals surface area contributed by atoms with E-state index in [0.717, 1.165) is 11.1 Å². The lowest BCUT2D eigenvalue weighted by Crippen LogP contribution is -2.44. The Morgan fingerprint density at radius 2 is 2.17 bits per heavy atom. The maximum absolute atomic E-state index is 12.5. The van der Waals surface area contributed by atoms with Gasteiger partial charge >= 0.3 is 6.09 Å². The molecule has 10 heteroatoms. The summed E-state index contributed by atoms with van der Waals surface area (Å²) in [5, 5.41) is 4.94. The number of halogens is 1. The minimum absolute atomic E-state index is 0.167. The molecule has 9 nitrogen and oxygen atoms in total. The molecule has 0 radical (unpaired) electrons. The van der Waals surface area contributed by atoms with Gasteiger partial charge in [-0.2, -0.15) is 5.10 Å². The fourth-order valence-corrected chi connectivity index (χ4v) is 2.87. The predicted octanol–water partition coefficient (Wildman–Crippen LogP) is 1.97. The van der Waals surface area contributed by atoms with Crippen LogP contribution in [0.15, 0.2) is 35.8 Å². The summed E-state index contributed by atoms with van der Waals surface area (Å²) in [6.07, 6.45) is 5.37. The van der Waals surface area contributed by atoms with Crippen LogP contribution in [0.1, 0.15) is 38.3 Å². The highest BCUT2D eigenvalue weighted by Crippen LogP contribution is 2.25. The van der Waals surface area contributed by atoms with Gasteiger partial charge in [-0.15, -0.1) is 0 Å². The summed E-state index contributed by atoms with van der Waals surface area (Å²) < 4.78 is 17.7. The third kappa shape index (κ3) is 5.44. The normalized spacial score (nSPS) is 16.1. The van der Waals surface area contributed by atoms with Gasteiger partial charge in [0, 0.05) is 19.3 Å². The number of hydrazine groups is 1. The largest absolute Gasteiger partial charge is 0.447 e. The molecule has 1 unspecified atom stereocenters. The Balaban J connectivity index is 2.25. The second-order valence-electron chi connectivity index (χ2n) is 6.93. The summed E-state index contributed by atoms with van der Waals surface area (Å²) in [7, 11) is 0. The van der Waals surface area contributed by atoms with E-state index in [0.29, 0.717) is 31.4 Å². The average molecular weight is 405 g/mol. The van der Waals surface area contributed by atoms with Crippen LogP contribution in [0.2, 0.25) is 0 Å². The van der Waals surface area contributed by atoms with Gasteiger partial charge in [-0.1, -0.05) is 6.08 Å². The zero-order valence-electron chi connectivity index (χ0n) is 16.9. The molecule has 1 aromatic rings. The number of aromatic nitrogens is 1. The van der Waals surface area contributed by atoms with E-state index in [1.165, 1.54) is 11.1 Å². The molecular formula is C19H28FN7O2. The fraction of sp³-hybridized carbons (Fsp3) is 0.421. The number of hydrazone groups is 1. The number of anilines is 1. The molecule has 0 fully saturated rings. The molecule has 0 aliphatic carbocycles. The van der Waals surface area contributed by atoms with E-state index in [9.17, 15) is 9.18 Å². The quantitative estimate of drug-likeness (QED) is 0.295. The number of amidine groups is 1. The number of hydrogen-bond donors (Lipinski definition) is 3. The van der Waals surface area contributed by atoms with Gasteiger partial charge < -0.3 is 21.2 Å². The van der Waals surface area contributed by atoms with Crippen LogP contribution in [0.25, 0.3) is 5.57 Å². The van der Waals surface area contributed by atoms with Crippen LogP contribution in [-0.2, 0) is 4.74 Å². The summed E-state index contributed by atoms with van der Waals surface area (Å²) in [6, 6.07) is 1.29. The van der Waals surface area contributed by atoms with Gasteiger partial charge in [0.2, 0.25) is 0 Å². The van der Waals surface area contributed by atoms with E-state index < -0.39 is 6.04 Å². The number of amides is 1. The Kier molecular flexibility index (Phi) is 7.54. The molecule has 1 aliphatic heterocycles. The lowest BCUT2D eigenvalue weighted by Gasteiger charge is -2.27. The molecule has 2 rings (SSSR count). The Hall–Kier alpha value is -3.14. The number of ether oxygens (including phenoxy) is 1. The van der Waals surface area contributed by atoms with Crippen LogP contribution >= 0.6 is 0 Å². The van der Waals surface area contributed by atoms with E-state index >= 15 is 0 Å². The Morgan fingerprint density at radius 3 is 2.72 bits per heavy atom. The summed E-state index contributed by atoms with van der Waals surface area (Å²) in [4.78, 5) is 17.9. The first-order valence-corrected chi connectivity index (χ1v) is 9.28. The monoisotopic (exact) mass is 405 g/mol. The Bertz CT molecular complexity index is 823. The summed E-state index contributed by atoms with van der Waals surface area (Å²) in [5.41, 5.74) is 8.26. The van der Waals surface area contributed by atoms with E-state index in [1.54, 1.807) is 24.1 Å². The SMILES string of the molecule is CC(C)OC(=O)N1CC=C(c2cnc(N)c(/C(=N/N)N(N)C(C)/C=C/F)c2)CC1. The minimum Gasteiger partial charge on any atom is -0.447 e. The molecule has 0 saturated carbocycles. The van der Waals surface area contributed by atoms with E-state index in [4.69, 9.17) is 22.2 Å². The zero-order chi connectivity index (χ0) is 21.6. The topological polar surface area (TPSA) is 136 Å². The van der Waals surface area contributed by atoms with Crippen LogP contribution in [0.3, 0.4) is 0 Å². The van der Waals surface area contributed by atoms with Crippen molar-refractivity contribution < 1.29 is 13.9 Å². The molecule has 158 valence electrons. The molecule has 29 heavy (non-hydrogen) atoms. The van der Waals surface area contributed by atoms with E-state index in [2.05, 4.69) is 10.1 Å². The van der Waals surface area contributed by atoms with E-state index in [-0.39, 0.29) is 23.9 Å². The van der Waals surface area contributed by atoms with Gasteiger partial charge in [0.15, 0.2) is 5.84 Å². The number of nitrogens with zero attached hydrogens (tertiary/aromatic N) is 4. The smallest absolute Gasteiger partial charge is 0.410 e. The van der Waals surface area contributed by atoms with Crippen molar-refractivity contribution in [1.29, 1.82) is 0 Å². The molecule has 6 N–H and O–H groups in total. The first kappa shape index (κ1) is 22.2. The standard InChI is InChI=1S/C19H28FN7O2/c1-12(2)29-19(28)26-8-5-14(6-9-26)15-10-16(17(21)24-11-15)18(25-22)27(23)13(3)4-7-20/h4-5,7,10-13H,6,8-9,22-23H2,1-3H3,(H2,21,24)/b7-4+,25-18-. The van der Waals surface area contributed by atoms with Crippen LogP contribution in [0, 0.1) is 0 Å². The van der Waals surface area contributed by atoms with Crippen LogP contribution in [0.4, 0.5) is 15.0 Å². The number of nitrogens with two attached hydrogens (primary N) is 3. The number of carbonyl (C=O) groups excluding carboxylic acids is 1. The van der Waals surface area contributed by atoms with E-state index in [1.807, 2.05) is 19.9 Å². The number of rotatable bonds is 5. The average Bonchev–Trinajstić information content (AvgIpc) is 2.69. The number of carbonyl (C=O) groups is 1. The van der Waals surface area contributed by atoms with Gasteiger partial charge in [0.05, 0.1) is 24.0 Å². The molecule has 0 bridgehead atoms. The summed E-state index contributed by atoms with van der Waals surface area (Å²) in [5.74, 6) is 11.9. The van der Waals surface area contributed by atoms with Crippen molar-refractivity contribution in [2.45, 2.75) is 39.3 Å². The molecule has 1 aliphatic rings. The molecule has 1 aromatic heterocycles. The van der Waals surface area contributed by atoms with Crippen molar-refractivity contribution in [3.8, 4) is 0 Å². The van der Waals surface area contributed by atoms with Gasteiger partial charge in [0.1, 0.15) is 5.82 Å². The van der Waals surface area contributed by atoms with Gasteiger partial charge in [-0.25, -0.2) is 20.0 Å². The maximum atomic E-state index is 12.5. The molecule has 2 heterocycles. The third-order valence-electron chi connectivity index (χ3n) is 4.49. The van der Waals surface area contributed by atoms with Crippen molar-refractivity contribution in [3.63, 3.8) is 0 Å². The van der Waals surface area contributed by atoms with Crippen molar-refractivity contribution in [1.82, 2.24) is 14.9 Å². The summed E-state index contributed by atoms with van der Waals surface area (Å²) >= 11 is 0. The van der Waals surface area contributed by atoms with Crippen molar-refractivity contribution in [2.24, 2.45) is 16.8 Å². The van der Waals surface area contributed by atoms with Crippen LogP contribution < -0.4 is 17.4 Å². The molecule has 1 amide bonds. The number of nitrogen functional groups attached to an aromatic ring is 1. The highest BCUT2D eigenvalue weighted by atomic mass is 19.1. The molecule has 0 spiro atoms. The lowest BCUT2D eigenvalue weighted by atomic mass is 9.99. The summed E-state index contributed by atoms with van der Waals surface area (Å²) in [6.45, 7) is 6.26. The van der Waals surface area contributed by atoms with Crippen molar-refractivity contribution in [3.05, 3.63) is 41.9 Å². The van der Waals surface area contributed by atoms with Crippen LogP contribution in [0.5, 0.6) is 0 Å². The number of hydrogen-bond acceptors (Lipinski definition) is 7. The second-order valence-corrected chi connectivity index (χ2v) is 6.93. The second kappa shape index (κ2) is 9.87. The molecule has 1 atom stereocenters. The first-order valence-electron chi connectivity index (χ1n) is 9.28. The highest BCUT2D eigenvalue weighted by molar-refractivity contribution is 6.02. The van der Waals surface area contributed by atoms with Crippen molar-refractivity contribution in [2.75, 3.05) is 18.8 Å². The lowest BCUT2D eigenvalue weighted by molar-refractivity contribution is 0.0799. The minimum atomic E-state index is -0.500. The van der Waals surface area contributed by atoms with Gasteiger partial charge in [-0.3, -0.25) is 5.01 Å². The Morgan fingerprint density at radius 1 is 1.45 bits per heavy atom. The fourth-order valence-electron chi connectivity index (χ4n) is 2.87. The van der Waals surface area contributed by atoms with Gasteiger partial charge in [0.25, 0.3) is 0 Å². The zero-order valence-corrected chi connectivity index (χ0v) is 16.9. The van der Waals surface area contributed by atoms with Crippen LogP contribution in [-0.4, -0.2) is 52.1 Å². The molecular weight excluding hydrogens is 377 g/mol. The predicted molar refractivity (Wildman–Crippen MR) is 111 cm³/mol. The Labute approximate surface area is 169 Å². The third-order valence-corrected chi connectivity index (χ3v) is 4.49. The molecule has 0 saturated heterocycles. The molecule has 0 aromatic carbocycles.